The number of carbonyl (C=O) groups is 1. The number of piperidine rings is 1. The van der Waals surface area contributed by atoms with E-state index in [-0.39, 0.29) is 18.1 Å². The lowest BCUT2D eigenvalue weighted by Crippen LogP contribution is -2.47. The number of nitrogens with one attached hydrogen (secondary N) is 1. The molecule has 27 heavy (non-hydrogen) atoms. The highest BCUT2D eigenvalue weighted by Gasteiger charge is 2.41. The van der Waals surface area contributed by atoms with Crippen molar-refractivity contribution in [1.29, 1.82) is 0 Å². The molecule has 0 aromatic heterocycles. The Bertz CT molecular complexity index is 854. The first-order chi connectivity index (χ1) is 13.0. The first kappa shape index (κ1) is 17.7. The number of nitrogens with zero attached hydrogens (tertiary/aromatic N) is 2. The number of hydrogen-bond donors (Lipinski definition) is 1. The first-order valence-corrected chi connectivity index (χ1v) is 9.16. The summed E-state index contributed by atoms with van der Waals surface area (Å²) in [7, 11) is 0. The summed E-state index contributed by atoms with van der Waals surface area (Å²) in [5.74, 6) is 0.491. The van der Waals surface area contributed by atoms with Crippen LogP contribution in [0.4, 0.5) is 4.39 Å². The van der Waals surface area contributed by atoms with E-state index >= 15 is 0 Å². The van der Waals surface area contributed by atoms with E-state index in [0.29, 0.717) is 25.9 Å². The highest BCUT2D eigenvalue weighted by molar-refractivity contribution is 5.99. The molecular weight excluding hydrogens is 345 g/mol. The van der Waals surface area contributed by atoms with Crippen LogP contribution in [0.25, 0.3) is 0 Å². The van der Waals surface area contributed by atoms with E-state index in [1.807, 2.05) is 36.1 Å². The normalized spacial score (nSPS) is 18.3. The van der Waals surface area contributed by atoms with Crippen molar-refractivity contribution in [3.8, 4) is 0 Å². The molecule has 140 valence electrons. The fourth-order valence-corrected chi connectivity index (χ4v) is 3.44. The average Bonchev–Trinajstić information content (AvgIpc) is 3.08. The Morgan fingerprint density at radius 3 is 2.48 bits per heavy atom. The monoisotopic (exact) mass is 367 g/mol. The molecule has 0 unspecified atom stereocenters. The first-order valence-electron chi connectivity index (χ1n) is 9.16. The second kappa shape index (κ2) is 7.12. The van der Waals surface area contributed by atoms with Crippen LogP contribution in [0, 0.1) is 12.7 Å². The van der Waals surface area contributed by atoms with Crippen molar-refractivity contribution in [2.75, 3.05) is 13.1 Å². The molecule has 5 nitrogen and oxygen atoms in total. The second-order valence-corrected chi connectivity index (χ2v) is 7.16. The molecule has 2 aliphatic rings. The van der Waals surface area contributed by atoms with Crippen molar-refractivity contribution < 1.29 is 14.0 Å². The van der Waals surface area contributed by atoms with Crippen LogP contribution >= 0.6 is 0 Å². The summed E-state index contributed by atoms with van der Waals surface area (Å²) in [6.45, 7) is 3.23. The predicted molar refractivity (Wildman–Crippen MR) is 101 cm³/mol. The molecular formula is C21H22FN3O2. The third kappa shape index (κ3) is 3.85. The molecule has 1 spiro atoms. The predicted octanol–water partition coefficient (Wildman–Crippen LogP) is 2.98. The Balaban J connectivity index is 1.37. The van der Waals surface area contributed by atoms with Crippen LogP contribution in [0.3, 0.4) is 0 Å². The lowest BCUT2D eigenvalue weighted by molar-refractivity contribution is -0.138. The van der Waals surface area contributed by atoms with Crippen LogP contribution in [0.5, 0.6) is 0 Å². The summed E-state index contributed by atoms with van der Waals surface area (Å²) >= 11 is 0. The highest BCUT2D eigenvalue weighted by atomic mass is 19.1. The molecule has 0 radical (unpaired) electrons. The number of carbonyl (C=O) groups excluding carboxylic acids is 1. The van der Waals surface area contributed by atoms with E-state index in [4.69, 9.17) is 9.83 Å². The van der Waals surface area contributed by atoms with Gasteiger partial charge < -0.3 is 4.90 Å². The third-order valence-corrected chi connectivity index (χ3v) is 5.14. The zero-order valence-electron chi connectivity index (χ0n) is 15.2. The van der Waals surface area contributed by atoms with E-state index in [1.54, 1.807) is 12.1 Å². The van der Waals surface area contributed by atoms with E-state index in [2.05, 4.69) is 5.48 Å². The van der Waals surface area contributed by atoms with Gasteiger partial charge in [0.1, 0.15) is 5.82 Å². The van der Waals surface area contributed by atoms with Crippen molar-refractivity contribution in [1.82, 2.24) is 10.4 Å². The van der Waals surface area contributed by atoms with Gasteiger partial charge in [0.05, 0.1) is 6.42 Å². The largest absolute Gasteiger partial charge is 0.342 e. The fraction of sp³-hybridized carbons (Fsp3) is 0.333. The summed E-state index contributed by atoms with van der Waals surface area (Å²) < 4.78 is 13.0. The smallest absolute Gasteiger partial charge is 0.226 e. The summed E-state index contributed by atoms with van der Waals surface area (Å²) in [4.78, 5) is 24.9. The van der Waals surface area contributed by atoms with Gasteiger partial charge in [-0.2, -0.15) is 0 Å². The van der Waals surface area contributed by atoms with Crippen molar-refractivity contribution >= 4 is 11.7 Å². The molecule has 1 fully saturated rings. The summed E-state index contributed by atoms with van der Waals surface area (Å²) in [5.41, 5.74) is 5.36. The van der Waals surface area contributed by atoms with E-state index in [9.17, 15) is 9.18 Å². The Morgan fingerprint density at radius 2 is 1.81 bits per heavy atom. The number of aryl methyl sites for hydroxylation is 1. The maximum Gasteiger partial charge on any atom is 0.226 e. The summed E-state index contributed by atoms with van der Waals surface area (Å²) in [6, 6.07) is 14.2. The molecule has 2 aliphatic heterocycles. The number of hydrogen-bond acceptors (Lipinski definition) is 4. The second-order valence-electron chi connectivity index (χ2n) is 7.16. The number of benzene rings is 2. The molecule has 2 heterocycles. The van der Waals surface area contributed by atoms with Crippen molar-refractivity contribution in [2.45, 2.75) is 31.9 Å². The molecule has 0 saturated carbocycles. The van der Waals surface area contributed by atoms with Gasteiger partial charge in [-0.25, -0.2) is 19.7 Å². The standard InChI is InChI=1S/C21H22FN3O2/c1-15-2-6-17(7-3-15)20-23-21(27-24-20)10-12-25(13-11-21)19(26)14-16-4-8-18(22)9-5-16/h2-9H,10-14H2,1H3,(H,23,24). The maximum atomic E-state index is 13.0. The number of likely N-dealkylation sites (tertiary alicyclic amines) is 1. The summed E-state index contributed by atoms with van der Waals surface area (Å²) in [5, 5.41) is 0. The van der Waals surface area contributed by atoms with Gasteiger partial charge in [-0.15, -0.1) is 0 Å². The van der Waals surface area contributed by atoms with Gasteiger partial charge in [-0.3, -0.25) is 4.79 Å². The van der Waals surface area contributed by atoms with Gasteiger partial charge in [-0.1, -0.05) is 42.0 Å². The molecule has 4 rings (SSSR count). The van der Waals surface area contributed by atoms with E-state index < -0.39 is 5.72 Å². The molecule has 0 atom stereocenters. The minimum absolute atomic E-state index is 0.0464. The third-order valence-electron chi connectivity index (χ3n) is 5.14. The molecule has 2 aromatic rings. The number of amidine groups is 1. The zero-order valence-corrected chi connectivity index (χ0v) is 15.2. The van der Waals surface area contributed by atoms with Gasteiger partial charge in [0.15, 0.2) is 11.6 Å². The fourth-order valence-electron chi connectivity index (χ4n) is 3.44. The van der Waals surface area contributed by atoms with Gasteiger partial charge >= 0.3 is 0 Å². The van der Waals surface area contributed by atoms with Crippen molar-refractivity contribution in [3.05, 3.63) is 71.0 Å². The van der Waals surface area contributed by atoms with Gasteiger partial charge in [0.25, 0.3) is 0 Å². The van der Waals surface area contributed by atoms with E-state index in [0.717, 1.165) is 17.0 Å². The van der Waals surface area contributed by atoms with Crippen LogP contribution < -0.4 is 5.48 Å². The van der Waals surface area contributed by atoms with Crippen LogP contribution in [0.1, 0.15) is 29.5 Å². The minimum atomic E-state index is -0.604. The molecule has 0 bridgehead atoms. The zero-order chi connectivity index (χ0) is 18.9. The molecule has 1 saturated heterocycles. The topological polar surface area (TPSA) is 53.9 Å². The van der Waals surface area contributed by atoms with Gasteiger partial charge in [0.2, 0.25) is 5.91 Å². The van der Waals surface area contributed by atoms with Crippen molar-refractivity contribution in [3.63, 3.8) is 0 Å². The van der Waals surface area contributed by atoms with Crippen LogP contribution in [-0.4, -0.2) is 35.5 Å². The minimum Gasteiger partial charge on any atom is -0.342 e. The van der Waals surface area contributed by atoms with Crippen molar-refractivity contribution in [2.24, 2.45) is 4.99 Å². The number of rotatable bonds is 3. The molecule has 1 N–H and O–H groups in total. The molecule has 1 amide bonds. The lowest BCUT2D eigenvalue weighted by Gasteiger charge is -2.35. The molecule has 2 aromatic carbocycles. The Morgan fingerprint density at radius 1 is 1.15 bits per heavy atom. The number of amides is 1. The van der Waals surface area contributed by atoms with Gasteiger partial charge in [-0.05, 0) is 24.6 Å². The average molecular weight is 367 g/mol. The number of aliphatic imine (C=N–C) groups is 1. The Kier molecular flexibility index (Phi) is 4.66. The van der Waals surface area contributed by atoms with Crippen LogP contribution in [0.2, 0.25) is 0 Å². The maximum absolute atomic E-state index is 13.0. The molecule has 6 heteroatoms. The number of halogens is 1. The van der Waals surface area contributed by atoms with E-state index in [1.165, 1.54) is 17.7 Å². The highest BCUT2D eigenvalue weighted by Crippen LogP contribution is 2.31. The Hall–Kier alpha value is -2.73. The van der Waals surface area contributed by atoms with Gasteiger partial charge in [0, 0.05) is 31.5 Å². The lowest BCUT2D eigenvalue weighted by atomic mass is 10.00. The summed E-state index contributed by atoms with van der Waals surface area (Å²) in [6.07, 6.45) is 1.57. The quantitative estimate of drug-likeness (QED) is 0.907. The number of hydroxylamine groups is 1. The van der Waals surface area contributed by atoms with Crippen LogP contribution in [-0.2, 0) is 16.1 Å². The SMILES string of the molecule is Cc1ccc(C2=NC3(CCN(C(=O)Cc4ccc(F)cc4)CC3)ON2)cc1. The Labute approximate surface area is 157 Å². The van der Waals surface area contributed by atoms with Crippen LogP contribution in [0.15, 0.2) is 53.5 Å². The molecule has 0 aliphatic carbocycles.